The van der Waals surface area contributed by atoms with E-state index in [2.05, 4.69) is 49.4 Å². The average molecular weight is 320 g/mol. The van der Waals surface area contributed by atoms with Crippen LogP contribution in [0.3, 0.4) is 0 Å². The van der Waals surface area contributed by atoms with Crippen LogP contribution >= 0.6 is 0 Å². The summed E-state index contributed by atoms with van der Waals surface area (Å²) < 4.78 is 5.61. The van der Waals surface area contributed by atoms with Crippen LogP contribution in [0.2, 0.25) is 0 Å². The SMILES string of the molecule is COc1ccc(C(C)(C)CO)cc1-c1cc2ccccc2cc1C. The van der Waals surface area contributed by atoms with Crippen LogP contribution in [0, 0.1) is 6.92 Å². The second-order valence-electron chi connectivity index (χ2n) is 6.97. The molecule has 0 atom stereocenters. The highest BCUT2D eigenvalue weighted by atomic mass is 16.5. The molecule has 0 saturated heterocycles. The molecule has 1 N–H and O–H groups in total. The van der Waals surface area contributed by atoms with Gasteiger partial charge in [-0.05, 0) is 52.6 Å². The van der Waals surface area contributed by atoms with Crippen molar-refractivity contribution in [2.45, 2.75) is 26.2 Å². The first-order valence-electron chi connectivity index (χ1n) is 8.25. The van der Waals surface area contributed by atoms with Gasteiger partial charge in [0.25, 0.3) is 0 Å². The van der Waals surface area contributed by atoms with E-state index >= 15 is 0 Å². The number of benzene rings is 3. The maximum Gasteiger partial charge on any atom is 0.126 e. The summed E-state index contributed by atoms with van der Waals surface area (Å²) in [6.45, 7) is 6.33. The minimum atomic E-state index is -0.286. The summed E-state index contributed by atoms with van der Waals surface area (Å²) in [5.74, 6) is 0.853. The number of aliphatic hydroxyl groups is 1. The Morgan fingerprint density at radius 1 is 0.917 bits per heavy atom. The standard InChI is InChI=1S/C22H24O2/c1-15-11-16-7-5-6-8-17(16)12-19(15)20-13-18(22(2,3)14-23)9-10-21(20)24-4/h5-13,23H,14H2,1-4H3. The summed E-state index contributed by atoms with van der Waals surface area (Å²) in [6.07, 6.45) is 0. The molecule has 0 unspecified atom stereocenters. The van der Waals surface area contributed by atoms with Gasteiger partial charge < -0.3 is 9.84 Å². The summed E-state index contributed by atoms with van der Waals surface area (Å²) in [5, 5.41) is 12.2. The zero-order valence-corrected chi connectivity index (χ0v) is 14.8. The van der Waals surface area contributed by atoms with Gasteiger partial charge in [0.2, 0.25) is 0 Å². The van der Waals surface area contributed by atoms with Gasteiger partial charge in [-0.1, -0.05) is 50.2 Å². The van der Waals surface area contributed by atoms with Crippen molar-refractivity contribution in [1.82, 2.24) is 0 Å². The van der Waals surface area contributed by atoms with E-state index in [4.69, 9.17) is 4.74 Å². The topological polar surface area (TPSA) is 29.5 Å². The summed E-state index contributed by atoms with van der Waals surface area (Å²) in [7, 11) is 1.70. The van der Waals surface area contributed by atoms with Crippen molar-refractivity contribution in [3.8, 4) is 16.9 Å². The second-order valence-corrected chi connectivity index (χ2v) is 6.97. The fourth-order valence-corrected chi connectivity index (χ4v) is 3.08. The minimum Gasteiger partial charge on any atom is -0.496 e. The van der Waals surface area contributed by atoms with Crippen LogP contribution in [0.15, 0.2) is 54.6 Å². The van der Waals surface area contributed by atoms with Crippen LogP contribution in [-0.4, -0.2) is 18.8 Å². The van der Waals surface area contributed by atoms with E-state index in [1.165, 1.54) is 21.9 Å². The predicted molar refractivity (Wildman–Crippen MR) is 101 cm³/mol. The fourth-order valence-electron chi connectivity index (χ4n) is 3.08. The summed E-state index contributed by atoms with van der Waals surface area (Å²) >= 11 is 0. The maximum absolute atomic E-state index is 9.70. The van der Waals surface area contributed by atoms with Crippen molar-refractivity contribution in [3.63, 3.8) is 0 Å². The molecule has 2 heteroatoms. The molecule has 0 spiro atoms. The molecule has 0 aliphatic rings. The van der Waals surface area contributed by atoms with Gasteiger partial charge in [-0.25, -0.2) is 0 Å². The molecule has 3 rings (SSSR count). The lowest BCUT2D eigenvalue weighted by atomic mass is 9.83. The Bertz CT molecular complexity index is 878. The molecule has 0 saturated carbocycles. The van der Waals surface area contributed by atoms with E-state index < -0.39 is 0 Å². The molecule has 3 aromatic rings. The van der Waals surface area contributed by atoms with Gasteiger partial charge in [0, 0.05) is 11.0 Å². The number of fused-ring (bicyclic) bond motifs is 1. The molecule has 0 fully saturated rings. The predicted octanol–water partition coefficient (Wildman–Crippen LogP) is 5.09. The molecule has 24 heavy (non-hydrogen) atoms. The molecule has 0 aromatic heterocycles. The van der Waals surface area contributed by atoms with Crippen molar-refractivity contribution in [2.75, 3.05) is 13.7 Å². The molecule has 0 heterocycles. The Kier molecular flexibility index (Phi) is 4.33. The lowest BCUT2D eigenvalue weighted by Crippen LogP contribution is -2.22. The van der Waals surface area contributed by atoms with Gasteiger partial charge in [-0.3, -0.25) is 0 Å². The van der Waals surface area contributed by atoms with Crippen LogP contribution in [0.4, 0.5) is 0 Å². The monoisotopic (exact) mass is 320 g/mol. The van der Waals surface area contributed by atoms with Crippen LogP contribution in [0.5, 0.6) is 5.75 Å². The van der Waals surface area contributed by atoms with Gasteiger partial charge in [0.15, 0.2) is 0 Å². The zero-order valence-electron chi connectivity index (χ0n) is 14.8. The highest BCUT2D eigenvalue weighted by Gasteiger charge is 2.21. The van der Waals surface area contributed by atoms with E-state index in [1.807, 2.05) is 26.0 Å². The van der Waals surface area contributed by atoms with Crippen molar-refractivity contribution in [3.05, 3.63) is 65.7 Å². The van der Waals surface area contributed by atoms with Gasteiger partial charge in [-0.2, -0.15) is 0 Å². The molecule has 0 radical (unpaired) electrons. The summed E-state index contributed by atoms with van der Waals surface area (Å²) in [5.41, 5.74) is 4.27. The molecule has 2 nitrogen and oxygen atoms in total. The van der Waals surface area contributed by atoms with Crippen molar-refractivity contribution >= 4 is 10.8 Å². The summed E-state index contributed by atoms with van der Waals surface area (Å²) in [6, 6.07) is 19.0. The number of hydrogen-bond acceptors (Lipinski definition) is 2. The van der Waals surface area contributed by atoms with Gasteiger partial charge >= 0.3 is 0 Å². The number of rotatable bonds is 4. The number of hydrogen-bond donors (Lipinski definition) is 1. The molecule has 124 valence electrons. The van der Waals surface area contributed by atoms with Gasteiger partial charge in [-0.15, -0.1) is 0 Å². The molecule has 0 aliphatic heterocycles. The quantitative estimate of drug-likeness (QED) is 0.725. The normalized spacial score (nSPS) is 11.7. The molecular formula is C22H24O2. The molecule has 0 bridgehead atoms. The number of ether oxygens (including phenoxy) is 1. The van der Waals surface area contributed by atoms with Gasteiger partial charge in [0.1, 0.15) is 5.75 Å². The van der Waals surface area contributed by atoms with Crippen molar-refractivity contribution in [1.29, 1.82) is 0 Å². The Balaban J connectivity index is 2.24. The average Bonchev–Trinajstić information content (AvgIpc) is 2.60. The molecule has 0 aliphatic carbocycles. The third-order valence-electron chi connectivity index (χ3n) is 4.76. The second kappa shape index (κ2) is 6.29. The first-order valence-corrected chi connectivity index (χ1v) is 8.25. The van der Waals surface area contributed by atoms with E-state index in [-0.39, 0.29) is 12.0 Å². The highest BCUT2D eigenvalue weighted by molar-refractivity contribution is 5.90. The first kappa shape index (κ1) is 16.5. The lowest BCUT2D eigenvalue weighted by molar-refractivity contribution is 0.218. The minimum absolute atomic E-state index is 0.107. The van der Waals surface area contributed by atoms with E-state index in [0.29, 0.717) is 0 Å². The summed E-state index contributed by atoms with van der Waals surface area (Å²) in [4.78, 5) is 0. The molecular weight excluding hydrogens is 296 g/mol. The lowest BCUT2D eigenvalue weighted by Gasteiger charge is -2.24. The molecule has 0 amide bonds. The largest absolute Gasteiger partial charge is 0.496 e. The van der Waals surface area contributed by atoms with Crippen LogP contribution in [-0.2, 0) is 5.41 Å². The van der Waals surface area contributed by atoms with E-state index in [0.717, 1.165) is 16.9 Å². The Labute approximate surface area is 143 Å². The Morgan fingerprint density at radius 2 is 1.58 bits per heavy atom. The van der Waals surface area contributed by atoms with Gasteiger partial charge in [0.05, 0.1) is 13.7 Å². The van der Waals surface area contributed by atoms with E-state index in [1.54, 1.807) is 7.11 Å². The molecule has 3 aromatic carbocycles. The zero-order chi connectivity index (χ0) is 17.3. The Hall–Kier alpha value is -2.32. The first-order chi connectivity index (χ1) is 11.5. The third kappa shape index (κ3) is 2.90. The number of aryl methyl sites for hydroxylation is 1. The van der Waals surface area contributed by atoms with Crippen LogP contribution in [0.25, 0.3) is 21.9 Å². The third-order valence-corrected chi connectivity index (χ3v) is 4.76. The van der Waals surface area contributed by atoms with Crippen molar-refractivity contribution < 1.29 is 9.84 Å². The highest BCUT2D eigenvalue weighted by Crippen LogP contribution is 2.37. The van der Waals surface area contributed by atoms with Crippen molar-refractivity contribution in [2.24, 2.45) is 0 Å². The van der Waals surface area contributed by atoms with E-state index in [9.17, 15) is 5.11 Å². The van der Waals surface area contributed by atoms with Crippen LogP contribution < -0.4 is 4.74 Å². The number of methoxy groups -OCH3 is 1. The smallest absolute Gasteiger partial charge is 0.126 e. The number of aliphatic hydroxyl groups excluding tert-OH is 1. The maximum atomic E-state index is 9.70. The Morgan fingerprint density at radius 3 is 2.21 bits per heavy atom. The van der Waals surface area contributed by atoms with Crippen LogP contribution in [0.1, 0.15) is 25.0 Å². The fraction of sp³-hybridized carbons (Fsp3) is 0.273.